The van der Waals surface area contributed by atoms with Gasteiger partial charge >= 0.3 is 0 Å². The molecule has 1 aromatic rings. The lowest BCUT2D eigenvalue weighted by Crippen LogP contribution is -2.30. The van der Waals surface area contributed by atoms with Crippen molar-refractivity contribution in [1.29, 1.82) is 0 Å². The Morgan fingerprint density at radius 2 is 1.79 bits per heavy atom. The van der Waals surface area contributed by atoms with Crippen LogP contribution in [0.4, 0.5) is 0 Å². The van der Waals surface area contributed by atoms with Crippen LogP contribution in [-0.4, -0.2) is 19.8 Å². The molecule has 0 bridgehead atoms. The summed E-state index contributed by atoms with van der Waals surface area (Å²) < 4.78 is 5.87. The predicted molar refractivity (Wildman–Crippen MR) is 80.1 cm³/mol. The summed E-state index contributed by atoms with van der Waals surface area (Å²) in [6.07, 6.45) is 7.55. The van der Waals surface area contributed by atoms with Crippen LogP contribution < -0.4 is 5.73 Å². The molecule has 2 atom stereocenters. The van der Waals surface area contributed by atoms with Crippen LogP contribution in [0.1, 0.15) is 37.7 Å². The third-order valence-corrected chi connectivity index (χ3v) is 4.30. The van der Waals surface area contributed by atoms with Gasteiger partial charge < -0.3 is 10.5 Å². The van der Waals surface area contributed by atoms with Gasteiger partial charge in [0, 0.05) is 13.2 Å². The highest BCUT2D eigenvalue weighted by Crippen LogP contribution is 2.29. The number of hydrogen-bond donors (Lipinski definition) is 1. The molecular weight excluding hydrogens is 234 g/mol. The molecule has 0 heterocycles. The summed E-state index contributed by atoms with van der Waals surface area (Å²) in [7, 11) is 0. The molecule has 0 spiro atoms. The van der Waals surface area contributed by atoms with Crippen molar-refractivity contribution in [3.8, 4) is 0 Å². The van der Waals surface area contributed by atoms with Crippen molar-refractivity contribution in [2.24, 2.45) is 17.6 Å². The molecule has 0 saturated heterocycles. The fourth-order valence-corrected chi connectivity index (χ4v) is 3.07. The van der Waals surface area contributed by atoms with Crippen LogP contribution in [0.15, 0.2) is 30.3 Å². The lowest BCUT2D eigenvalue weighted by molar-refractivity contribution is 0.0599. The SMILES string of the molecule is NCC1CCCCC1COCCCc1ccccc1. The summed E-state index contributed by atoms with van der Waals surface area (Å²) in [5.41, 5.74) is 7.25. The Morgan fingerprint density at radius 3 is 2.53 bits per heavy atom. The monoisotopic (exact) mass is 261 g/mol. The van der Waals surface area contributed by atoms with Gasteiger partial charge in [0.2, 0.25) is 0 Å². The first kappa shape index (κ1) is 14.5. The van der Waals surface area contributed by atoms with E-state index in [-0.39, 0.29) is 0 Å². The average Bonchev–Trinajstić information content (AvgIpc) is 2.48. The van der Waals surface area contributed by atoms with E-state index in [4.69, 9.17) is 10.5 Å². The van der Waals surface area contributed by atoms with Crippen molar-refractivity contribution < 1.29 is 4.74 Å². The number of rotatable bonds is 7. The number of ether oxygens (including phenoxy) is 1. The lowest BCUT2D eigenvalue weighted by Gasteiger charge is -2.30. The first-order valence-corrected chi connectivity index (χ1v) is 7.72. The van der Waals surface area contributed by atoms with Gasteiger partial charge in [0.25, 0.3) is 0 Å². The summed E-state index contributed by atoms with van der Waals surface area (Å²) in [6, 6.07) is 10.6. The van der Waals surface area contributed by atoms with Gasteiger partial charge in [-0.25, -0.2) is 0 Å². The van der Waals surface area contributed by atoms with Gasteiger partial charge in [-0.05, 0) is 49.6 Å². The minimum atomic E-state index is 0.697. The molecule has 0 aliphatic heterocycles. The first-order chi connectivity index (χ1) is 9.40. The molecule has 1 saturated carbocycles. The normalized spacial score (nSPS) is 23.4. The molecule has 19 heavy (non-hydrogen) atoms. The Balaban J connectivity index is 1.58. The van der Waals surface area contributed by atoms with E-state index < -0.39 is 0 Å². The van der Waals surface area contributed by atoms with E-state index in [9.17, 15) is 0 Å². The number of aryl methyl sites for hydroxylation is 1. The first-order valence-electron chi connectivity index (χ1n) is 7.72. The van der Waals surface area contributed by atoms with E-state index in [0.29, 0.717) is 11.8 Å². The van der Waals surface area contributed by atoms with Crippen LogP contribution in [-0.2, 0) is 11.2 Å². The molecule has 1 aliphatic rings. The van der Waals surface area contributed by atoms with Gasteiger partial charge in [0.05, 0.1) is 0 Å². The molecule has 0 radical (unpaired) electrons. The van der Waals surface area contributed by atoms with Crippen molar-refractivity contribution in [3.05, 3.63) is 35.9 Å². The van der Waals surface area contributed by atoms with Crippen LogP contribution in [0.2, 0.25) is 0 Å². The fraction of sp³-hybridized carbons (Fsp3) is 0.647. The maximum Gasteiger partial charge on any atom is 0.0497 e. The highest BCUT2D eigenvalue weighted by atomic mass is 16.5. The summed E-state index contributed by atoms with van der Waals surface area (Å²) in [5, 5.41) is 0. The van der Waals surface area contributed by atoms with Gasteiger partial charge in [0.15, 0.2) is 0 Å². The van der Waals surface area contributed by atoms with Crippen molar-refractivity contribution >= 4 is 0 Å². The molecule has 1 fully saturated rings. The minimum absolute atomic E-state index is 0.697. The molecule has 2 heteroatoms. The van der Waals surface area contributed by atoms with Crippen molar-refractivity contribution in [3.63, 3.8) is 0 Å². The van der Waals surface area contributed by atoms with Crippen LogP contribution >= 0.6 is 0 Å². The zero-order chi connectivity index (χ0) is 13.3. The Morgan fingerprint density at radius 1 is 1.05 bits per heavy atom. The lowest BCUT2D eigenvalue weighted by atomic mass is 9.80. The van der Waals surface area contributed by atoms with Gasteiger partial charge in [-0.2, -0.15) is 0 Å². The second-order valence-electron chi connectivity index (χ2n) is 5.70. The van der Waals surface area contributed by atoms with Crippen LogP contribution in [0.25, 0.3) is 0 Å². The summed E-state index contributed by atoms with van der Waals surface area (Å²) in [5.74, 6) is 1.40. The number of hydrogen-bond acceptors (Lipinski definition) is 2. The third kappa shape index (κ3) is 4.96. The Bertz CT molecular complexity index is 338. The molecule has 2 N–H and O–H groups in total. The second-order valence-corrected chi connectivity index (χ2v) is 5.70. The standard InChI is InChI=1S/C17H27NO/c18-13-16-10-4-5-11-17(16)14-19-12-6-9-15-7-2-1-3-8-15/h1-3,7-8,16-17H,4-6,9-14,18H2. The van der Waals surface area contributed by atoms with Crippen LogP contribution in [0.3, 0.4) is 0 Å². The molecule has 2 rings (SSSR count). The molecule has 0 aromatic heterocycles. The number of nitrogens with two attached hydrogens (primary N) is 1. The Labute approximate surface area is 117 Å². The minimum Gasteiger partial charge on any atom is -0.381 e. The molecule has 1 aliphatic carbocycles. The van der Waals surface area contributed by atoms with Gasteiger partial charge in [-0.15, -0.1) is 0 Å². The Kier molecular flexibility index (Phi) is 6.38. The van der Waals surface area contributed by atoms with Gasteiger partial charge in [-0.1, -0.05) is 43.2 Å². The van der Waals surface area contributed by atoms with E-state index in [1.54, 1.807) is 0 Å². The van der Waals surface area contributed by atoms with Crippen LogP contribution in [0.5, 0.6) is 0 Å². The summed E-state index contributed by atoms with van der Waals surface area (Å²) in [6.45, 7) is 2.62. The second kappa shape index (κ2) is 8.34. The van der Waals surface area contributed by atoms with Crippen molar-refractivity contribution in [1.82, 2.24) is 0 Å². The van der Waals surface area contributed by atoms with Gasteiger partial charge in [-0.3, -0.25) is 0 Å². The third-order valence-electron chi connectivity index (χ3n) is 4.30. The summed E-state index contributed by atoms with van der Waals surface area (Å²) in [4.78, 5) is 0. The highest BCUT2D eigenvalue weighted by molar-refractivity contribution is 5.14. The highest BCUT2D eigenvalue weighted by Gasteiger charge is 2.23. The van der Waals surface area contributed by atoms with Crippen molar-refractivity contribution in [2.75, 3.05) is 19.8 Å². The van der Waals surface area contributed by atoms with E-state index in [0.717, 1.165) is 32.6 Å². The van der Waals surface area contributed by atoms with E-state index in [1.165, 1.54) is 31.2 Å². The summed E-state index contributed by atoms with van der Waals surface area (Å²) >= 11 is 0. The Hall–Kier alpha value is -0.860. The molecule has 106 valence electrons. The topological polar surface area (TPSA) is 35.2 Å². The maximum absolute atomic E-state index is 5.87. The van der Waals surface area contributed by atoms with Gasteiger partial charge in [0.1, 0.15) is 0 Å². The van der Waals surface area contributed by atoms with Crippen molar-refractivity contribution in [2.45, 2.75) is 38.5 Å². The fourth-order valence-electron chi connectivity index (χ4n) is 3.07. The predicted octanol–water partition coefficient (Wildman–Crippen LogP) is 3.40. The molecule has 0 amide bonds. The van der Waals surface area contributed by atoms with Crippen LogP contribution in [0, 0.1) is 11.8 Å². The van der Waals surface area contributed by atoms with E-state index >= 15 is 0 Å². The largest absolute Gasteiger partial charge is 0.381 e. The average molecular weight is 261 g/mol. The maximum atomic E-state index is 5.87. The van der Waals surface area contributed by atoms with E-state index in [1.807, 2.05) is 0 Å². The zero-order valence-electron chi connectivity index (χ0n) is 11.9. The smallest absolute Gasteiger partial charge is 0.0497 e. The number of benzene rings is 1. The molecule has 2 unspecified atom stereocenters. The molecule has 1 aromatic carbocycles. The molecule has 2 nitrogen and oxygen atoms in total. The quantitative estimate of drug-likeness (QED) is 0.763. The van der Waals surface area contributed by atoms with E-state index in [2.05, 4.69) is 30.3 Å². The molecular formula is C17H27NO. The zero-order valence-corrected chi connectivity index (χ0v) is 11.9.